The van der Waals surface area contributed by atoms with Crippen molar-refractivity contribution in [2.45, 2.75) is 24.5 Å². The fourth-order valence-corrected chi connectivity index (χ4v) is 2.80. The minimum Gasteiger partial charge on any atom is -0.311 e. The van der Waals surface area contributed by atoms with E-state index in [0.717, 1.165) is 11.8 Å². The van der Waals surface area contributed by atoms with Crippen LogP contribution in [0.3, 0.4) is 0 Å². The molecule has 13 heavy (non-hydrogen) atoms. The zero-order chi connectivity index (χ0) is 9.52. The molecule has 1 rings (SSSR count). The summed E-state index contributed by atoms with van der Waals surface area (Å²) in [5.74, 6) is 1.31. The van der Waals surface area contributed by atoms with Crippen molar-refractivity contribution in [1.82, 2.24) is 5.32 Å². The Balaban J connectivity index is 2.04. The number of hydrogen-bond acceptors (Lipinski definition) is 2. The van der Waals surface area contributed by atoms with E-state index in [1.807, 2.05) is 0 Å². The van der Waals surface area contributed by atoms with Gasteiger partial charge in [0, 0.05) is 28.9 Å². The summed E-state index contributed by atoms with van der Waals surface area (Å²) in [5.41, 5.74) is 1.42. The summed E-state index contributed by atoms with van der Waals surface area (Å²) in [6, 6.07) is 0. The standard InChI is InChI=1S/C9H15Cl2NS/c10-5-8(11)6-12-7-9-3-1-2-4-13-9/h5,9,12H,1-4,6-7H2/b8-5+. The van der Waals surface area contributed by atoms with Gasteiger partial charge in [-0.05, 0) is 18.6 Å². The lowest BCUT2D eigenvalue weighted by Gasteiger charge is -2.21. The largest absolute Gasteiger partial charge is 0.311 e. The van der Waals surface area contributed by atoms with E-state index >= 15 is 0 Å². The van der Waals surface area contributed by atoms with E-state index < -0.39 is 0 Å². The Kier molecular flexibility index (Phi) is 6.30. The van der Waals surface area contributed by atoms with E-state index in [4.69, 9.17) is 23.2 Å². The summed E-state index contributed by atoms with van der Waals surface area (Å²) in [6.45, 7) is 1.74. The van der Waals surface area contributed by atoms with Crippen LogP contribution in [0.2, 0.25) is 0 Å². The second-order valence-electron chi connectivity index (χ2n) is 3.18. The summed E-state index contributed by atoms with van der Waals surface area (Å²) in [6.07, 6.45) is 4.09. The van der Waals surface area contributed by atoms with E-state index in [0.29, 0.717) is 11.6 Å². The van der Waals surface area contributed by atoms with Gasteiger partial charge in [0.15, 0.2) is 0 Å². The summed E-state index contributed by atoms with van der Waals surface area (Å²) < 4.78 is 0. The first kappa shape index (κ1) is 11.7. The number of hydrogen-bond donors (Lipinski definition) is 1. The fraction of sp³-hybridized carbons (Fsp3) is 0.778. The molecule has 1 atom stereocenters. The molecule has 0 aliphatic carbocycles. The zero-order valence-corrected chi connectivity index (χ0v) is 9.89. The predicted octanol–water partition coefficient (Wildman–Crippen LogP) is 3.18. The molecular weight excluding hydrogens is 225 g/mol. The number of nitrogens with one attached hydrogen (secondary N) is 1. The van der Waals surface area contributed by atoms with Crippen molar-refractivity contribution in [3.05, 3.63) is 10.6 Å². The van der Waals surface area contributed by atoms with Gasteiger partial charge in [-0.15, -0.1) is 0 Å². The molecule has 0 bridgehead atoms. The Morgan fingerprint density at radius 3 is 3.00 bits per heavy atom. The summed E-state index contributed by atoms with van der Waals surface area (Å²) in [5, 5.41) is 4.75. The van der Waals surface area contributed by atoms with Crippen LogP contribution in [0, 0.1) is 0 Å². The molecular formula is C9H15Cl2NS. The lowest BCUT2D eigenvalue weighted by Crippen LogP contribution is -2.27. The second kappa shape index (κ2) is 6.99. The first-order valence-electron chi connectivity index (χ1n) is 4.60. The van der Waals surface area contributed by atoms with E-state index in [9.17, 15) is 0 Å². The highest BCUT2D eigenvalue weighted by atomic mass is 35.5. The van der Waals surface area contributed by atoms with Gasteiger partial charge in [-0.1, -0.05) is 29.6 Å². The third-order valence-electron chi connectivity index (χ3n) is 2.06. The predicted molar refractivity (Wildman–Crippen MR) is 62.8 cm³/mol. The second-order valence-corrected chi connectivity index (χ2v) is 5.29. The van der Waals surface area contributed by atoms with Gasteiger partial charge in [0.25, 0.3) is 0 Å². The van der Waals surface area contributed by atoms with E-state index in [1.54, 1.807) is 0 Å². The quantitative estimate of drug-likeness (QED) is 0.809. The Bertz CT molecular complexity index is 167. The van der Waals surface area contributed by atoms with Crippen molar-refractivity contribution in [3.8, 4) is 0 Å². The Morgan fingerprint density at radius 2 is 2.38 bits per heavy atom. The van der Waals surface area contributed by atoms with Gasteiger partial charge < -0.3 is 5.32 Å². The van der Waals surface area contributed by atoms with Gasteiger partial charge in [0.05, 0.1) is 0 Å². The lowest BCUT2D eigenvalue weighted by atomic mass is 10.2. The molecule has 0 amide bonds. The van der Waals surface area contributed by atoms with Gasteiger partial charge in [0.1, 0.15) is 0 Å². The molecule has 1 aliphatic heterocycles. The average Bonchev–Trinajstić information content (AvgIpc) is 2.19. The molecule has 1 fully saturated rings. The third kappa shape index (κ3) is 5.16. The van der Waals surface area contributed by atoms with Crippen LogP contribution in [0.15, 0.2) is 10.6 Å². The van der Waals surface area contributed by atoms with Crippen LogP contribution in [-0.2, 0) is 0 Å². The summed E-state index contributed by atoms with van der Waals surface area (Å²) in [4.78, 5) is 0. The minimum atomic E-state index is 0.683. The SMILES string of the molecule is Cl/C=C(/Cl)CNCC1CCCCS1. The van der Waals surface area contributed by atoms with Crippen LogP contribution < -0.4 is 5.32 Å². The van der Waals surface area contributed by atoms with Crippen LogP contribution in [-0.4, -0.2) is 24.1 Å². The highest BCUT2D eigenvalue weighted by Crippen LogP contribution is 2.24. The van der Waals surface area contributed by atoms with Crippen LogP contribution in [0.4, 0.5) is 0 Å². The average molecular weight is 240 g/mol. The van der Waals surface area contributed by atoms with E-state index in [2.05, 4.69) is 17.1 Å². The number of rotatable bonds is 4. The van der Waals surface area contributed by atoms with Crippen molar-refractivity contribution in [2.75, 3.05) is 18.8 Å². The van der Waals surface area contributed by atoms with E-state index in [1.165, 1.54) is 30.6 Å². The fourth-order valence-electron chi connectivity index (χ4n) is 1.36. The minimum absolute atomic E-state index is 0.683. The van der Waals surface area contributed by atoms with Crippen molar-refractivity contribution in [1.29, 1.82) is 0 Å². The zero-order valence-electron chi connectivity index (χ0n) is 7.56. The molecule has 1 N–H and O–H groups in total. The molecule has 0 aromatic rings. The van der Waals surface area contributed by atoms with Crippen LogP contribution >= 0.6 is 35.0 Å². The van der Waals surface area contributed by atoms with Crippen LogP contribution in [0.25, 0.3) is 0 Å². The van der Waals surface area contributed by atoms with Gasteiger partial charge in [0.2, 0.25) is 0 Å². The molecule has 76 valence electrons. The number of halogens is 2. The molecule has 1 unspecified atom stereocenters. The molecule has 0 saturated carbocycles. The Morgan fingerprint density at radius 1 is 1.54 bits per heavy atom. The maximum Gasteiger partial charge on any atom is 0.0431 e. The highest BCUT2D eigenvalue weighted by Gasteiger charge is 2.12. The van der Waals surface area contributed by atoms with Crippen molar-refractivity contribution >= 4 is 35.0 Å². The van der Waals surface area contributed by atoms with E-state index in [-0.39, 0.29) is 0 Å². The normalized spacial score (nSPS) is 24.8. The molecule has 1 nitrogen and oxygen atoms in total. The summed E-state index contributed by atoms with van der Waals surface area (Å²) in [7, 11) is 0. The third-order valence-corrected chi connectivity index (χ3v) is 4.07. The highest BCUT2D eigenvalue weighted by molar-refractivity contribution is 7.99. The van der Waals surface area contributed by atoms with Crippen LogP contribution in [0.5, 0.6) is 0 Å². The molecule has 0 aromatic carbocycles. The van der Waals surface area contributed by atoms with Crippen molar-refractivity contribution < 1.29 is 0 Å². The lowest BCUT2D eigenvalue weighted by molar-refractivity contribution is 0.617. The van der Waals surface area contributed by atoms with Crippen molar-refractivity contribution in [2.24, 2.45) is 0 Å². The topological polar surface area (TPSA) is 12.0 Å². The smallest absolute Gasteiger partial charge is 0.0431 e. The molecule has 1 heterocycles. The van der Waals surface area contributed by atoms with Gasteiger partial charge in [-0.2, -0.15) is 11.8 Å². The monoisotopic (exact) mass is 239 g/mol. The van der Waals surface area contributed by atoms with Gasteiger partial charge >= 0.3 is 0 Å². The van der Waals surface area contributed by atoms with Crippen LogP contribution in [0.1, 0.15) is 19.3 Å². The van der Waals surface area contributed by atoms with Crippen molar-refractivity contribution in [3.63, 3.8) is 0 Å². The maximum absolute atomic E-state index is 5.74. The number of thioether (sulfide) groups is 1. The molecule has 1 saturated heterocycles. The molecule has 0 radical (unpaired) electrons. The Hall–Kier alpha value is 0.630. The van der Waals surface area contributed by atoms with Gasteiger partial charge in [-0.25, -0.2) is 0 Å². The molecule has 1 aliphatic rings. The Labute approximate surface area is 94.2 Å². The summed E-state index contributed by atoms with van der Waals surface area (Å²) >= 11 is 13.2. The molecule has 0 aromatic heterocycles. The maximum atomic E-state index is 5.74. The first-order valence-corrected chi connectivity index (χ1v) is 6.46. The molecule has 4 heteroatoms. The molecule has 0 spiro atoms. The first-order chi connectivity index (χ1) is 6.33. The van der Waals surface area contributed by atoms with Gasteiger partial charge in [-0.3, -0.25) is 0 Å².